The smallest absolute Gasteiger partial charge is 0.251 e. The maximum atomic E-state index is 12.5. The predicted molar refractivity (Wildman–Crippen MR) is 125 cm³/mol. The second kappa shape index (κ2) is 10.5. The maximum absolute atomic E-state index is 12.5. The van der Waals surface area contributed by atoms with Gasteiger partial charge in [-0.15, -0.1) is 10.2 Å². The zero-order valence-electron chi connectivity index (χ0n) is 18.2. The molecule has 168 valence electrons. The Balaban J connectivity index is 1.59. The number of halogens is 1. The van der Waals surface area contributed by atoms with Gasteiger partial charge in [-0.3, -0.25) is 9.59 Å². The number of hydrogen-bond donors (Lipinski definition) is 2. The van der Waals surface area contributed by atoms with Crippen LogP contribution in [0.5, 0.6) is 5.75 Å². The van der Waals surface area contributed by atoms with Crippen molar-refractivity contribution >= 4 is 40.9 Å². The lowest BCUT2D eigenvalue weighted by Crippen LogP contribution is -2.28. The number of thioether (sulfide) groups is 1. The van der Waals surface area contributed by atoms with Crippen LogP contribution < -0.4 is 15.4 Å². The first-order valence-electron chi connectivity index (χ1n) is 9.81. The Morgan fingerprint density at radius 3 is 2.59 bits per heavy atom. The molecule has 0 bridgehead atoms. The first kappa shape index (κ1) is 23.6. The molecule has 2 amide bonds. The van der Waals surface area contributed by atoms with Crippen molar-refractivity contribution < 1.29 is 14.3 Å². The quantitative estimate of drug-likeness (QED) is 0.480. The van der Waals surface area contributed by atoms with Gasteiger partial charge in [0.2, 0.25) is 5.91 Å². The summed E-state index contributed by atoms with van der Waals surface area (Å²) < 4.78 is 7.00. The zero-order valence-corrected chi connectivity index (χ0v) is 19.8. The van der Waals surface area contributed by atoms with E-state index in [1.807, 2.05) is 26.0 Å². The van der Waals surface area contributed by atoms with Crippen LogP contribution in [0, 0.1) is 6.92 Å². The molecule has 2 N–H and O–H groups in total. The van der Waals surface area contributed by atoms with Crippen molar-refractivity contribution in [1.82, 2.24) is 20.1 Å². The standard InChI is InChI=1S/C22H24ClN5O3S/c1-13-5-7-15(8-6-13)21(30)24-14(2)20-26-27-22(28(20)3)32-12-19(29)25-17-11-16(23)9-10-18(17)31-4/h5-11,14H,12H2,1-4H3,(H,24,30)(H,25,29)/t14-/m1/s1. The largest absolute Gasteiger partial charge is 0.495 e. The fourth-order valence-corrected chi connectivity index (χ4v) is 3.86. The molecular formula is C22H24ClN5O3S. The van der Waals surface area contributed by atoms with Crippen LogP contribution in [0.3, 0.4) is 0 Å². The lowest BCUT2D eigenvalue weighted by molar-refractivity contribution is -0.113. The molecule has 32 heavy (non-hydrogen) atoms. The fraction of sp³-hybridized carbons (Fsp3) is 0.273. The van der Waals surface area contributed by atoms with Gasteiger partial charge in [0.15, 0.2) is 11.0 Å². The van der Waals surface area contributed by atoms with Gasteiger partial charge in [-0.05, 0) is 44.2 Å². The number of aromatic nitrogens is 3. The summed E-state index contributed by atoms with van der Waals surface area (Å²) in [5.41, 5.74) is 2.16. The van der Waals surface area contributed by atoms with Gasteiger partial charge in [-0.2, -0.15) is 0 Å². The highest BCUT2D eigenvalue weighted by Crippen LogP contribution is 2.28. The van der Waals surface area contributed by atoms with Crippen molar-refractivity contribution in [2.45, 2.75) is 25.0 Å². The number of anilines is 1. The minimum atomic E-state index is -0.361. The summed E-state index contributed by atoms with van der Waals surface area (Å²) in [7, 11) is 3.32. The van der Waals surface area contributed by atoms with E-state index >= 15 is 0 Å². The molecule has 10 heteroatoms. The first-order valence-corrected chi connectivity index (χ1v) is 11.2. The molecule has 0 aliphatic carbocycles. The maximum Gasteiger partial charge on any atom is 0.251 e. The molecule has 0 saturated carbocycles. The number of benzene rings is 2. The van der Waals surface area contributed by atoms with E-state index in [2.05, 4.69) is 20.8 Å². The molecule has 8 nitrogen and oxygen atoms in total. The number of aryl methyl sites for hydroxylation is 1. The first-order chi connectivity index (χ1) is 15.3. The summed E-state index contributed by atoms with van der Waals surface area (Å²) in [4.78, 5) is 24.9. The molecule has 0 aliphatic rings. The highest BCUT2D eigenvalue weighted by Gasteiger charge is 2.19. The second-order valence-electron chi connectivity index (χ2n) is 7.14. The molecule has 2 aromatic carbocycles. The Morgan fingerprint density at radius 2 is 1.91 bits per heavy atom. The van der Waals surface area contributed by atoms with Gasteiger partial charge in [0.05, 0.1) is 24.6 Å². The van der Waals surface area contributed by atoms with E-state index in [0.29, 0.717) is 33.0 Å². The van der Waals surface area contributed by atoms with Crippen LogP contribution in [0.1, 0.15) is 34.7 Å². The second-order valence-corrected chi connectivity index (χ2v) is 8.52. The number of nitrogens with one attached hydrogen (secondary N) is 2. The summed E-state index contributed by atoms with van der Waals surface area (Å²) in [5.74, 6) is 0.799. The van der Waals surface area contributed by atoms with Crippen LogP contribution in [-0.4, -0.2) is 39.4 Å². The Morgan fingerprint density at radius 1 is 1.19 bits per heavy atom. The third-order valence-electron chi connectivity index (χ3n) is 4.69. The summed E-state index contributed by atoms with van der Waals surface area (Å²) in [6, 6.07) is 12.0. The predicted octanol–water partition coefficient (Wildman–Crippen LogP) is 4.01. The number of hydrogen-bond acceptors (Lipinski definition) is 6. The monoisotopic (exact) mass is 473 g/mol. The van der Waals surface area contributed by atoms with Crippen molar-refractivity contribution in [3.8, 4) is 5.75 Å². The molecule has 3 aromatic rings. The SMILES string of the molecule is COc1ccc(Cl)cc1NC(=O)CSc1nnc([C@@H](C)NC(=O)c2ccc(C)cc2)n1C. The van der Waals surface area contributed by atoms with E-state index in [4.69, 9.17) is 16.3 Å². The van der Waals surface area contributed by atoms with E-state index in [1.165, 1.54) is 18.9 Å². The van der Waals surface area contributed by atoms with Crippen LogP contribution in [0.15, 0.2) is 47.6 Å². The van der Waals surface area contributed by atoms with E-state index in [1.54, 1.807) is 41.9 Å². The molecule has 1 heterocycles. The Labute approximate surface area is 195 Å². The van der Waals surface area contributed by atoms with Gasteiger partial charge in [0.25, 0.3) is 5.91 Å². The molecule has 0 saturated heterocycles. The minimum absolute atomic E-state index is 0.117. The molecule has 0 unspecified atom stereocenters. The number of carbonyl (C=O) groups is 2. The molecule has 1 aromatic heterocycles. The van der Waals surface area contributed by atoms with E-state index in [-0.39, 0.29) is 23.6 Å². The van der Waals surface area contributed by atoms with E-state index < -0.39 is 0 Å². The summed E-state index contributed by atoms with van der Waals surface area (Å²) in [5, 5.41) is 15.1. The topological polar surface area (TPSA) is 98.1 Å². The van der Waals surface area contributed by atoms with Crippen LogP contribution in [0.25, 0.3) is 0 Å². The van der Waals surface area contributed by atoms with Crippen molar-refractivity contribution in [3.05, 3.63) is 64.4 Å². The van der Waals surface area contributed by atoms with E-state index in [0.717, 1.165) is 5.56 Å². The minimum Gasteiger partial charge on any atom is -0.495 e. The molecule has 3 rings (SSSR count). The number of amides is 2. The number of carbonyl (C=O) groups excluding carboxylic acids is 2. The van der Waals surface area contributed by atoms with Crippen LogP contribution >= 0.6 is 23.4 Å². The fourth-order valence-electron chi connectivity index (χ4n) is 2.97. The van der Waals surface area contributed by atoms with Crippen LogP contribution in [-0.2, 0) is 11.8 Å². The molecule has 0 radical (unpaired) electrons. The average Bonchev–Trinajstić information content (AvgIpc) is 3.13. The highest BCUT2D eigenvalue weighted by atomic mass is 35.5. The summed E-state index contributed by atoms with van der Waals surface area (Å²) in [6.45, 7) is 3.80. The Hall–Kier alpha value is -3.04. The third kappa shape index (κ3) is 5.80. The van der Waals surface area contributed by atoms with Crippen LogP contribution in [0.2, 0.25) is 5.02 Å². The zero-order chi connectivity index (χ0) is 23.3. The molecule has 0 spiro atoms. The van der Waals surface area contributed by atoms with Gasteiger partial charge in [0.1, 0.15) is 5.75 Å². The third-order valence-corrected chi connectivity index (χ3v) is 5.94. The van der Waals surface area contributed by atoms with Crippen molar-refractivity contribution in [1.29, 1.82) is 0 Å². The van der Waals surface area contributed by atoms with E-state index in [9.17, 15) is 9.59 Å². The van der Waals surface area contributed by atoms with Gasteiger partial charge in [0, 0.05) is 17.6 Å². The lowest BCUT2D eigenvalue weighted by Gasteiger charge is -2.14. The van der Waals surface area contributed by atoms with Crippen molar-refractivity contribution in [3.63, 3.8) is 0 Å². The van der Waals surface area contributed by atoms with Gasteiger partial charge < -0.3 is 19.9 Å². The average molecular weight is 474 g/mol. The normalized spacial score (nSPS) is 11.7. The molecule has 0 fully saturated rings. The summed E-state index contributed by atoms with van der Waals surface area (Å²) in [6.07, 6.45) is 0. The summed E-state index contributed by atoms with van der Waals surface area (Å²) >= 11 is 7.24. The molecule has 0 aliphatic heterocycles. The molecular weight excluding hydrogens is 450 g/mol. The van der Waals surface area contributed by atoms with Crippen LogP contribution in [0.4, 0.5) is 5.69 Å². The lowest BCUT2D eigenvalue weighted by atomic mass is 10.1. The van der Waals surface area contributed by atoms with Gasteiger partial charge in [-0.25, -0.2) is 0 Å². The van der Waals surface area contributed by atoms with Crippen molar-refractivity contribution in [2.75, 3.05) is 18.2 Å². The Kier molecular flexibility index (Phi) is 7.76. The molecule has 1 atom stereocenters. The number of methoxy groups -OCH3 is 1. The highest BCUT2D eigenvalue weighted by molar-refractivity contribution is 7.99. The van der Waals surface area contributed by atoms with Gasteiger partial charge in [-0.1, -0.05) is 41.1 Å². The van der Waals surface area contributed by atoms with Gasteiger partial charge >= 0.3 is 0 Å². The number of nitrogens with zero attached hydrogens (tertiary/aromatic N) is 3. The number of rotatable bonds is 8. The number of ether oxygens (including phenoxy) is 1. The van der Waals surface area contributed by atoms with Crippen molar-refractivity contribution in [2.24, 2.45) is 7.05 Å². The Bertz CT molecular complexity index is 1120.